The highest BCUT2D eigenvalue weighted by Gasteiger charge is 2.10. The number of ether oxygens (including phenoxy) is 2. The first-order valence-electron chi connectivity index (χ1n) is 11.2. The Morgan fingerprint density at radius 3 is 2.17 bits per heavy atom. The Morgan fingerprint density at radius 2 is 1.60 bits per heavy atom. The molecule has 0 amide bonds. The number of halogens is 1. The van der Waals surface area contributed by atoms with Gasteiger partial charge in [0, 0.05) is 16.7 Å². The zero-order valence-corrected chi connectivity index (χ0v) is 20.5. The Morgan fingerprint density at radius 1 is 0.943 bits per heavy atom. The van der Waals surface area contributed by atoms with Gasteiger partial charge in [-0.3, -0.25) is 0 Å². The lowest BCUT2D eigenvalue weighted by Gasteiger charge is -2.09. The van der Waals surface area contributed by atoms with Crippen molar-refractivity contribution in [2.75, 3.05) is 6.61 Å². The molecule has 35 heavy (non-hydrogen) atoms. The normalized spacial score (nSPS) is 11.3. The van der Waals surface area contributed by atoms with E-state index in [0.29, 0.717) is 52.2 Å². The zero-order chi connectivity index (χ0) is 26.0. The fourth-order valence-electron chi connectivity index (χ4n) is 3.04. The van der Waals surface area contributed by atoms with Crippen LogP contribution in [0.3, 0.4) is 0 Å². The minimum absolute atomic E-state index is 0.302. The summed E-state index contributed by atoms with van der Waals surface area (Å²) >= 11 is 0. The summed E-state index contributed by atoms with van der Waals surface area (Å²) in [6.45, 7) is 16.6. The fourth-order valence-corrected chi connectivity index (χ4v) is 3.04. The first kappa shape index (κ1) is 27.3. The number of allylic oxidation sites excluding steroid dienone is 5. The van der Waals surface area contributed by atoms with Gasteiger partial charge >= 0.3 is 11.9 Å². The van der Waals surface area contributed by atoms with Gasteiger partial charge in [0.05, 0.1) is 6.61 Å². The summed E-state index contributed by atoms with van der Waals surface area (Å²) in [5.74, 6) is -0.906. The van der Waals surface area contributed by atoms with E-state index in [1.54, 1.807) is 44.2 Å². The molecule has 0 aliphatic heterocycles. The highest BCUT2D eigenvalue weighted by Crippen LogP contribution is 2.28. The second-order valence-corrected chi connectivity index (χ2v) is 8.13. The molecule has 4 nitrogen and oxygen atoms in total. The van der Waals surface area contributed by atoms with Gasteiger partial charge in [-0.1, -0.05) is 67.8 Å². The number of esters is 2. The summed E-state index contributed by atoms with van der Waals surface area (Å²) < 4.78 is 25.2. The minimum Gasteiger partial charge on any atom is -0.462 e. The third-order valence-corrected chi connectivity index (χ3v) is 5.13. The first-order chi connectivity index (χ1) is 16.6. The van der Waals surface area contributed by atoms with Gasteiger partial charge in [-0.2, -0.15) is 0 Å². The third-order valence-electron chi connectivity index (χ3n) is 5.13. The molecule has 0 aliphatic rings. The van der Waals surface area contributed by atoms with Gasteiger partial charge in [-0.15, -0.1) is 0 Å². The predicted molar refractivity (Wildman–Crippen MR) is 139 cm³/mol. The van der Waals surface area contributed by atoms with Crippen LogP contribution in [0.25, 0.3) is 16.7 Å². The minimum atomic E-state index is -0.507. The van der Waals surface area contributed by atoms with Crippen LogP contribution >= 0.6 is 0 Å². The first-order valence-corrected chi connectivity index (χ1v) is 11.2. The maximum absolute atomic E-state index is 14.9. The largest absolute Gasteiger partial charge is 0.462 e. The maximum atomic E-state index is 14.9. The second kappa shape index (κ2) is 13.0. The van der Waals surface area contributed by atoms with Crippen molar-refractivity contribution < 1.29 is 23.5 Å². The number of carbonyl (C=O) groups is 2. The van der Waals surface area contributed by atoms with E-state index in [9.17, 15) is 14.0 Å². The number of rotatable bonds is 11. The molecule has 0 bridgehead atoms. The van der Waals surface area contributed by atoms with Crippen molar-refractivity contribution in [3.63, 3.8) is 0 Å². The van der Waals surface area contributed by atoms with E-state index in [-0.39, 0.29) is 11.8 Å². The molecule has 0 radical (unpaired) electrons. The summed E-state index contributed by atoms with van der Waals surface area (Å²) in [5.41, 5.74) is 4.17. The molecule has 0 fully saturated rings. The molecule has 0 spiro atoms. The van der Waals surface area contributed by atoms with E-state index >= 15 is 0 Å². The van der Waals surface area contributed by atoms with Crippen LogP contribution in [0, 0.1) is 5.82 Å². The molecule has 0 aromatic heterocycles. The van der Waals surface area contributed by atoms with E-state index in [2.05, 4.69) is 19.7 Å². The molecular formula is C30H31FO4. The molecule has 0 aliphatic carbocycles. The highest BCUT2D eigenvalue weighted by molar-refractivity contribution is 5.89. The van der Waals surface area contributed by atoms with Crippen molar-refractivity contribution in [3.05, 3.63) is 109 Å². The van der Waals surface area contributed by atoms with Crippen molar-refractivity contribution >= 4 is 17.5 Å². The highest BCUT2D eigenvalue weighted by atomic mass is 19.1. The van der Waals surface area contributed by atoms with Crippen molar-refractivity contribution in [1.82, 2.24) is 0 Å². The molecule has 0 unspecified atom stereocenters. The molecule has 0 N–H and O–H groups in total. The Hall–Kier alpha value is -3.99. The average Bonchev–Trinajstić information content (AvgIpc) is 2.83. The molecule has 0 heterocycles. The fraction of sp³-hybridized carbons (Fsp3) is 0.200. The summed E-state index contributed by atoms with van der Waals surface area (Å²) in [6.07, 6.45) is 7.16. The van der Waals surface area contributed by atoms with Crippen molar-refractivity contribution in [2.45, 2.75) is 33.6 Å². The van der Waals surface area contributed by atoms with Gasteiger partial charge in [-0.05, 0) is 68.5 Å². The predicted octanol–water partition coefficient (Wildman–Crippen LogP) is 7.39. The van der Waals surface area contributed by atoms with Crippen LogP contribution in [0.4, 0.5) is 4.39 Å². The van der Waals surface area contributed by atoms with Crippen LogP contribution in [0.1, 0.15) is 39.2 Å². The van der Waals surface area contributed by atoms with Crippen molar-refractivity contribution in [1.29, 1.82) is 0 Å². The van der Waals surface area contributed by atoms with E-state index in [1.165, 1.54) is 6.07 Å². The van der Waals surface area contributed by atoms with E-state index in [4.69, 9.17) is 9.47 Å². The Labute approximate surface area is 206 Å². The number of carbonyl (C=O) groups excluding carboxylic acids is 2. The van der Waals surface area contributed by atoms with Gasteiger partial charge in [0.1, 0.15) is 11.6 Å². The summed E-state index contributed by atoms with van der Waals surface area (Å²) in [6, 6.07) is 11.6. The number of hydrogen-bond acceptors (Lipinski definition) is 4. The zero-order valence-electron chi connectivity index (χ0n) is 20.5. The summed E-state index contributed by atoms with van der Waals surface area (Å²) in [7, 11) is 0. The molecule has 2 aromatic rings. The number of benzene rings is 2. The van der Waals surface area contributed by atoms with Crippen LogP contribution in [0.2, 0.25) is 0 Å². The topological polar surface area (TPSA) is 52.6 Å². The van der Waals surface area contributed by atoms with Gasteiger partial charge in [0.15, 0.2) is 0 Å². The summed E-state index contributed by atoms with van der Waals surface area (Å²) in [5, 5.41) is 0. The van der Waals surface area contributed by atoms with Crippen molar-refractivity contribution in [2.24, 2.45) is 0 Å². The maximum Gasteiger partial charge on any atom is 0.338 e. The van der Waals surface area contributed by atoms with E-state index in [0.717, 1.165) is 12.0 Å². The molecule has 182 valence electrons. The molecule has 2 rings (SSSR count). The molecule has 2 aromatic carbocycles. The molecule has 0 atom stereocenters. The standard InChI is InChI=1S/C30H31FO4/c1-7-23(9-8-18-34-29(32)20(2)3)11-10-22(6)25-14-17-27(28(31)19-25)24-12-15-26(16-13-24)35-30(33)21(4)5/h7,10-17,19H,2,4,6,8-9,18H2,1,3,5H3/b11-10-,23-7-. The summed E-state index contributed by atoms with van der Waals surface area (Å²) in [4.78, 5) is 23.1. The van der Waals surface area contributed by atoms with Gasteiger partial charge in [-0.25, -0.2) is 14.0 Å². The SMILES string of the molecule is C=C(C)C(=O)OCCCC(/C=C\C(=C)c1ccc(-c2ccc(OC(=O)C(=C)C)cc2)c(F)c1)=C/C. The van der Waals surface area contributed by atoms with Crippen molar-refractivity contribution in [3.8, 4) is 16.9 Å². The molecule has 0 saturated heterocycles. The molecular weight excluding hydrogens is 443 g/mol. The van der Waals surface area contributed by atoms with Crippen LogP contribution in [0.5, 0.6) is 5.75 Å². The number of hydrogen-bond donors (Lipinski definition) is 0. The molecule has 5 heteroatoms. The lowest BCUT2D eigenvalue weighted by atomic mass is 9.99. The Kier molecular flexibility index (Phi) is 10.2. The van der Waals surface area contributed by atoms with Gasteiger partial charge in [0.2, 0.25) is 0 Å². The second-order valence-electron chi connectivity index (χ2n) is 8.13. The van der Waals surface area contributed by atoms with Crippen LogP contribution in [0.15, 0.2) is 97.1 Å². The smallest absolute Gasteiger partial charge is 0.338 e. The molecule has 0 saturated carbocycles. The van der Waals surface area contributed by atoms with Crippen LogP contribution in [-0.2, 0) is 14.3 Å². The quantitative estimate of drug-likeness (QED) is 0.112. The monoisotopic (exact) mass is 474 g/mol. The Bertz CT molecular complexity index is 1180. The van der Waals surface area contributed by atoms with E-state index < -0.39 is 5.97 Å². The Balaban J connectivity index is 2.00. The van der Waals surface area contributed by atoms with Crippen LogP contribution < -0.4 is 4.74 Å². The van der Waals surface area contributed by atoms with Gasteiger partial charge in [0.25, 0.3) is 0 Å². The average molecular weight is 475 g/mol. The lowest BCUT2D eigenvalue weighted by Crippen LogP contribution is -2.07. The van der Waals surface area contributed by atoms with E-state index in [1.807, 2.05) is 31.2 Å². The van der Waals surface area contributed by atoms with Crippen LogP contribution in [-0.4, -0.2) is 18.5 Å². The van der Waals surface area contributed by atoms with Gasteiger partial charge < -0.3 is 9.47 Å². The third kappa shape index (κ3) is 8.38. The lowest BCUT2D eigenvalue weighted by molar-refractivity contribution is -0.139.